The lowest BCUT2D eigenvalue weighted by Crippen LogP contribution is -2.42. The first-order valence-electron chi connectivity index (χ1n) is 6.70. The third-order valence-electron chi connectivity index (χ3n) is 2.63. The summed E-state index contributed by atoms with van der Waals surface area (Å²) in [5.74, 6) is -1.57. The molecule has 0 radical (unpaired) electrons. The molecule has 0 aliphatic heterocycles. The average molecular weight is 348 g/mol. The second-order valence-corrected chi connectivity index (χ2v) is 6.63. The maximum atomic E-state index is 11.6. The summed E-state index contributed by atoms with van der Waals surface area (Å²) in [7, 11) is 0. The van der Waals surface area contributed by atoms with Gasteiger partial charge in [-0.2, -0.15) is 0 Å². The van der Waals surface area contributed by atoms with Gasteiger partial charge >= 0.3 is 11.9 Å². The van der Waals surface area contributed by atoms with Crippen molar-refractivity contribution < 1.29 is 19.4 Å². The third-order valence-corrected chi connectivity index (χ3v) is 3.37. The fourth-order valence-electron chi connectivity index (χ4n) is 1.73. The first kappa shape index (κ1) is 18.7. The molecule has 0 unspecified atom stereocenters. The van der Waals surface area contributed by atoms with Crippen LogP contribution in [0.3, 0.4) is 0 Å². The zero-order chi connectivity index (χ0) is 16.9. The number of nitrogens with one attached hydrogen (secondary N) is 1. The van der Waals surface area contributed by atoms with Gasteiger partial charge in [-0.3, -0.25) is 14.9 Å². The van der Waals surface area contributed by atoms with Crippen molar-refractivity contribution in [1.82, 2.24) is 5.32 Å². The highest BCUT2D eigenvalue weighted by molar-refractivity contribution is 6.42. The molecule has 7 heteroatoms. The molecular formula is C15H19Cl2NO4. The number of esters is 1. The van der Waals surface area contributed by atoms with Crippen LogP contribution in [0, 0.1) is 0 Å². The van der Waals surface area contributed by atoms with Crippen molar-refractivity contribution in [2.45, 2.75) is 38.8 Å². The van der Waals surface area contributed by atoms with Crippen LogP contribution in [0.1, 0.15) is 26.3 Å². The van der Waals surface area contributed by atoms with E-state index in [1.54, 1.807) is 39.0 Å². The van der Waals surface area contributed by atoms with E-state index in [1.807, 2.05) is 0 Å². The number of benzene rings is 1. The second kappa shape index (κ2) is 7.81. The van der Waals surface area contributed by atoms with Crippen molar-refractivity contribution in [2.75, 3.05) is 6.54 Å². The normalized spacial score (nSPS) is 12.8. The van der Waals surface area contributed by atoms with Gasteiger partial charge in [-0.15, -0.1) is 0 Å². The molecule has 122 valence electrons. The summed E-state index contributed by atoms with van der Waals surface area (Å²) >= 11 is 11.7. The summed E-state index contributed by atoms with van der Waals surface area (Å²) in [6.45, 7) is 5.05. The van der Waals surface area contributed by atoms with E-state index in [2.05, 4.69) is 5.32 Å². The van der Waals surface area contributed by atoms with E-state index < -0.39 is 23.6 Å². The number of ether oxygens (including phenoxy) is 1. The molecule has 0 aliphatic carbocycles. The molecule has 0 aliphatic rings. The molecule has 0 spiro atoms. The summed E-state index contributed by atoms with van der Waals surface area (Å²) in [5.41, 5.74) is 0.0970. The van der Waals surface area contributed by atoms with Gasteiger partial charge in [-0.05, 0) is 44.9 Å². The highest BCUT2D eigenvalue weighted by atomic mass is 35.5. The van der Waals surface area contributed by atoms with E-state index in [0.29, 0.717) is 15.6 Å². The van der Waals surface area contributed by atoms with Crippen molar-refractivity contribution in [3.63, 3.8) is 0 Å². The van der Waals surface area contributed by atoms with Crippen molar-refractivity contribution >= 4 is 35.1 Å². The van der Waals surface area contributed by atoms with Gasteiger partial charge in [0.05, 0.1) is 16.6 Å². The Labute approximate surface area is 139 Å². The molecule has 0 saturated heterocycles. The minimum absolute atomic E-state index is 0.176. The number of carboxylic acids is 1. The summed E-state index contributed by atoms with van der Waals surface area (Å²) in [5, 5.41) is 12.7. The molecule has 0 aromatic heterocycles. The van der Waals surface area contributed by atoms with Crippen LogP contribution < -0.4 is 5.32 Å². The quantitative estimate of drug-likeness (QED) is 0.773. The molecule has 0 amide bonds. The number of rotatable bonds is 6. The Hall–Kier alpha value is -1.30. The van der Waals surface area contributed by atoms with Gasteiger partial charge in [0, 0.05) is 0 Å². The molecule has 0 saturated carbocycles. The number of halogens is 2. The molecule has 0 heterocycles. The summed E-state index contributed by atoms with van der Waals surface area (Å²) in [4.78, 5) is 22.9. The molecule has 1 rings (SSSR count). The minimum Gasteiger partial charge on any atom is -0.480 e. The summed E-state index contributed by atoms with van der Waals surface area (Å²) in [6.07, 6.45) is 0.176. The number of carbonyl (C=O) groups excluding carboxylic acids is 1. The predicted octanol–water partition coefficient (Wildman–Crippen LogP) is 2.92. The SMILES string of the molecule is CC(C)(C)OC(=O)CN[C@H](Cc1ccc(Cl)c(Cl)c1)C(=O)O. The van der Waals surface area contributed by atoms with Gasteiger partial charge in [0.2, 0.25) is 0 Å². The van der Waals surface area contributed by atoms with E-state index in [0.717, 1.165) is 0 Å². The Bertz CT molecular complexity index is 555. The Morgan fingerprint density at radius 3 is 2.41 bits per heavy atom. The van der Waals surface area contributed by atoms with Gasteiger partial charge in [0.25, 0.3) is 0 Å². The van der Waals surface area contributed by atoms with E-state index in [-0.39, 0.29) is 13.0 Å². The zero-order valence-corrected chi connectivity index (χ0v) is 14.2. The van der Waals surface area contributed by atoms with Crippen LogP contribution in [0.2, 0.25) is 10.0 Å². The van der Waals surface area contributed by atoms with Gasteiger partial charge in [-0.1, -0.05) is 29.3 Å². The zero-order valence-electron chi connectivity index (χ0n) is 12.7. The minimum atomic E-state index is -1.06. The van der Waals surface area contributed by atoms with E-state index in [1.165, 1.54) is 0 Å². The average Bonchev–Trinajstić information content (AvgIpc) is 2.36. The predicted molar refractivity (Wildman–Crippen MR) is 85.4 cm³/mol. The highest BCUT2D eigenvalue weighted by Crippen LogP contribution is 2.23. The van der Waals surface area contributed by atoms with Crippen LogP contribution in [0.5, 0.6) is 0 Å². The Morgan fingerprint density at radius 2 is 1.91 bits per heavy atom. The number of aliphatic carboxylic acids is 1. The molecule has 1 aromatic rings. The second-order valence-electron chi connectivity index (χ2n) is 5.81. The lowest BCUT2D eigenvalue weighted by atomic mass is 10.1. The third kappa shape index (κ3) is 6.64. The van der Waals surface area contributed by atoms with E-state index in [4.69, 9.17) is 27.9 Å². The van der Waals surface area contributed by atoms with Crippen molar-refractivity contribution in [3.8, 4) is 0 Å². The van der Waals surface area contributed by atoms with Gasteiger partial charge < -0.3 is 9.84 Å². The lowest BCUT2D eigenvalue weighted by Gasteiger charge is -2.21. The van der Waals surface area contributed by atoms with Crippen LogP contribution in [-0.2, 0) is 20.7 Å². The van der Waals surface area contributed by atoms with Crippen molar-refractivity contribution in [2.24, 2.45) is 0 Å². The van der Waals surface area contributed by atoms with Gasteiger partial charge in [0.1, 0.15) is 11.6 Å². The summed E-state index contributed by atoms with van der Waals surface area (Å²) < 4.78 is 5.12. The number of hydrogen-bond acceptors (Lipinski definition) is 4. The molecule has 5 nitrogen and oxygen atoms in total. The molecule has 2 N–H and O–H groups in total. The maximum Gasteiger partial charge on any atom is 0.321 e. The van der Waals surface area contributed by atoms with E-state index in [9.17, 15) is 14.7 Å². The van der Waals surface area contributed by atoms with Crippen molar-refractivity contribution in [1.29, 1.82) is 0 Å². The Morgan fingerprint density at radius 1 is 1.27 bits per heavy atom. The van der Waals surface area contributed by atoms with E-state index >= 15 is 0 Å². The van der Waals surface area contributed by atoms with Crippen LogP contribution >= 0.6 is 23.2 Å². The fourth-order valence-corrected chi connectivity index (χ4v) is 2.05. The first-order valence-corrected chi connectivity index (χ1v) is 7.46. The fraction of sp³-hybridized carbons (Fsp3) is 0.467. The Kier molecular flexibility index (Phi) is 6.66. The molecule has 0 fully saturated rings. The standard InChI is InChI=1S/C15H19Cl2NO4/c1-15(2,3)22-13(19)8-18-12(14(20)21)7-9-4-5-10(16)11(17)6-9/h4-6,12,18H,7-8H2,1-3H3,(H,20,21)/t12-/m1/s1. The number of hydrogen-bond donors (Lipinski definition) is 2. The van der Waals surface area contributed by atoms with Gasteiger partial charge in [0.15, 0.2) is 0 Å². The molecule has 22 heavy (non-hydrogen) atoms. The molecule has 1 aromatic carbocycles. The number of carboxylic acid groups (broad SMARTS) is 1. The summed E-state index contributed by atoms with van der Waals surface area (Å²) in [6, 6.07) is 3.98. The monoisotopic (exact) mass is 347 g/mol. The van der Waals surface area contributed by atoms with Crippen LogP contribution in [0.25, 0.3) is 0 Å². The van der Waals surface area contributed by atoms with Gasteiger partial charge in [-0.25, -0.2) is 0 Å². The van der Waals surface area contributed by atoms with Crippen LogP contribution in [0.4, 0.5) is 0 Å². The first-order chi connectivity index (χ1) is 10.1. The number of carbonyl (C=O) groups is 2. The molecular weight excluding hydrogens is 329 g/mol. The lowest BCUT2D eigenvalue weighted by molar-refractivity contribution is -0.154. The largest absolute Gasteiger partial charge is 0.480 e. The molecule has 0 bridgehead atoms. The highest BCUT2D eigenvalue weighted by Gasteiger charge is 2.21. The molecule has 1 atom stereocenters. The topological polar surface area (TPSA) is 75.6 Å². The maximum absolute atomic E-state index is 11.6. The van der Waals surface area contributed by atoms with Crippen LogP contribution in [-0.4, -0.2) is 35.2 Å². The Balaban J connectivity index is 2.64. The van der Waals surface area contributed by atoms with Crippen molar-refractivity contribution in [3.05, 3.63) is 33.8 Å². The smallest absolute Gasteiger partial charge is 0.321 e. The van der Waals surface area contributed by atoms with Crippen LogP contribution in [0.15, 0.2) is 18.2 Å².